The first-order chi connectivity index (χ1) is 12.7. The number of carbonyl (C=O) groups excluding carboxylic acids is 1. The van der Waals surface area contributed by atoms with E-state index in [-0.39, 0.29) is 5.91 Å². The van der Waals surface area contributed by atoms with Crippen LogP contribution in [-0.2, 0) is 4.79 Å². The Morgan fingerprint density at radius 1 is 1.12 bits per heavy atom. The standard InChI is InChI=1S/C20H21ClN2O3/c21-16-3-1-2-4-17(16)22-20(24)12-23-9-7-14(8-10-23)15-5-6-18-19(11-15)26-13-25-18/h1-6,11,14H,7-10,12-13H2,(H,22,24). The highest BCUT2D eigenvalue weighted by molar-refractivity contribution is 6.33. The largest absolute Gasteiger partial charge is 0.454 e. The van der Waals surface area contributed by atoms with E-state index < -0.39 is 0 Å². The van der Waals surface area contributed by atoms with E-state index in [4.69, 9.17) is 21.1 Å². The second-order valence-electron chi connectivity index (χ2n) is 6.69. The molecule has 4 rings (SSSR count). The summed E-state index contributed by atoms with van der Waals surface area (Å²) < 4.78 is 10.8. The van der Waals surface area contributed by atoms with Crippen molar-refractivity contribution in [3.63, 3.8) is 0 Å². The first-order valence-corrected chi connectivity index (χ1v) is 9.23. The van der Waals surface area contributed by atoms with Gasteiger partial charge in [0.2, 0.25) is 12.7 Å². The lowest BCUT2D eigenvalue weighted by Gasteiger charge is -2.31. The molecule has 0 bridgehead atoms. The minimum Gasteiger partial charge on any atom is -0.454 e. The normalized spacial score (nSPS) is 17.3. The van der Waals surface area contributed by atoms with Crippen LogP contribution in [0.3, 0.4) is 0 Å². The summed E-state index contributed by atoms with van der Waals surface area (Å²) >= 11 is 6.09. The summed E-state index contributed by atoms with van der Waals surface area (Å²) in [4.78, 5) is 14.5. The van der Waals surface area contributed by atoms with Gasteiger partial charge >= 0.3 is 0 Å². The molecule has 2 aliphatic rings. The summed E-state index contributed by atoms with van der Waals surface area (Å²) in [7, 11) is 0. The quantitative estimate of drug-likeness (QED) is 0.884. The van der Waals surface area contributed by atoms with Crippen LogP contribution in [-0.4, -0.2) is 37.2 Å². The minimum atomic E-state index is -0.0281. The van der Waals surface area contributed by atoms with Gasteiger partial charge in [0.25, 0.3) is 0 Å². The number of nitrogens with zero attached hydrogens (tertiary/aromatic N) is 1. The molecule has 5 nitrogen and oxygen atoms in total. The Morgan fingerprint density at radius 2 is 1.88 bits per heavy atom. The highest BCUT2D eigenvalue weighted by Gasteiger charge is 2.24. The van der Waals surface area contributed by atoms with Gasteiger partial charge in [-0.25, -0.2) is 0 Å². The summed E-state index contributed by atoms with van der Waals surface area (Å²) in [6.07, 6.45) is 2.05. The van der Waals surface area contributed by atoms with Gasteiger partial charge in [0.15, 0.2) is 11.5 Å². The lowest BCUT2D eigenvalue weighted by molar-refractivity contribution is -0.117. The summed E-state index contributed by atoms with van der Waals surface area (Å²) in [5.41, 5.74) is 1.95. The van der Waals surface area contributed by atoms with E-state index in [2.05, 4.69) is 22.3 Å². The van der Waals surface area contributed by atoms with Gasteiger partial charge in [0, 0.05) is 0 Å². The molecule has 136 valence electrons. The third-order valence-corrected chi connectivity index (χ3v) is 5.30. The predicted octanol–water partition coefficient (Wildman–Crippen LogP) is 3.89. The highest BCUT2D eigenvalue weighted by atomic mass is 35.5. The smallest absolute Gasteiger partial charge is 0.238 e. The maximum absolute atomic E-state index is 12.3. The summed E-state index contributed by atoms with van der Waals surface area (Å²) in [6, 6.07) is 13.5. The van der Waals surface area contributed by atoms with E-state index >= 15 is 0 Å². The number of benzene rings is 2. The highest BCUT2D eigenvalue weighted by Crippen LogP contribution is 2.37. The Morgan fingerprint density at radius 3 is 2.69 bits per heavy atom. The van der Waals surface area contributed by atoms with Gasteiger partial charge in [-0.1, -0.05) is 29.8 Å². The van der Waals surface area contributed by atoms with E-state index in [1.165, 1.54) is 5.56 Å². The molecule has 2 heterocycles. The molecule has 1 amide bonds. The molecule has 2 aliphatic heterocycles. The first-order valence-electron chi connectivity index (χ1n) is 8.85. The fourth-order valence-electron chi connectivity index (χ4n) is 3.55. The molecule has 1 saturated heterocycles. The fraction of sp³-hybridized carbons (Fsp3) is 0.350. The molecule has 0 spiro atoms. The molecule has 0 saturated carbocycles. The Kier molecular flexibility index (Phi) is 5.00. The number of anilines is 1. The number of rotatable bonds is 4. The van der Waals surface area contributed by atoms with Gasteiger partial charge in [0.05, 0.1) is 17.3 Å². The van der Waals surface area contributed by atoms with Crippen molar-refractivity contribution < 1.29 is 14.3 Å². The number of piperidine rings is 1. The number of halogens is 1. The number of carbonyl (C=O) groups is 1. The molecular formula is C20H21ClN2O3. The number of hydrogen-bond acceptors (Lipinski definition) is 4. The topological polar surface area (TPSA) is 50.8 Å². The zero-order chi connectivity index (χ0) is 17.9. The maximum Gasteiger partial charge on any atom is 0.238 e. The van der Waals surface area contributed by atoms with Crippen LogP contribution in [0.2, 0.25) is 5.02 Å². The Bertz CT molecular complexity index is 803. The van der Waals surface area contributed by atoms with E-state index in [1.54, 1.807) is 6.07 Å². The minimum absolute atomic E-state index is 0.0281. The van der Waals surface area contributed by atoms with Crippen molar-refractivity contribution >= 4 is 23.2 Å². The molecule has 2 aromatic rings. The van der Waals surface area contributed by atoms with Gasteiger partial charge in [0.1, 0.15) is 0 Å². The molecule has 26 heavy (non-hydrogen) atoms. The molecule has 1 N–H and O–H groups in total. The number of para-hydroxylation sites is 1. The SMILES string of the molecule is O=C(CN1CCC(c2ccc3c(c2)OCO3)CC1)Nc1ccccc1Cl. The van der Waals surface area contributed by atoms with Crippen LogP contribution >= 0.6 is 11.6 Å². The van der Waals surface area contributed by atoms with Crippen LogP contribution < -0.4 is 14.8 Å². The Balaban J connectivity index is 1.30. The van der Waals surface area contributed by atoms with Crippen LogP contribution in [0.1, 0.15) is 24.3 Å². The number of fused-ring (bicyclic) bond motifs is 1. The zero-order valence-corrected chi connectivity index (χ0v) is 15.2. The van der Waals surface area contributed by atoms with Crippen LogP contribution in [0.4, 0.5) is 5.69 Å². The number of amides is 1. The molecule has 0 aliphatic carbocycles. The molecule has 2 aromatic carbocycles. The third-order valence-electron chi connectivity index (χ3n) is 4.97. The summed E-state index contributed by atoms with van der Waals surface area (Å²) in [6.45, 7) is 2.49. The fourth-order valence-corrected chi connectivity index (χ4v) is 3.73. The van der Waals surface area contributed by atoms with Crippen molar-refractivity contribution in [3.05, 3.63) is 53.1 Å². The van der Waals surface area contributed by atoms with Gasteiger partial charge in [-0.2, -0.15) is 0 Å². The summed E-state index contributed by atoms with van der Waals surface area (Å²) in [5, 5.41) is 3.44. The predicted molar refractivity (Wildman–Crippen MR) is 101 cm³/mol. The van der Waals surface area contributed by atoms with Crippen molar-refractivity contribution in [2.75, 3.05) is 31.7 Å². The zero-order valence-electron chi connectivity index (χ0n) is 14.4. The van der Waals surface area contributed by atoms with Crippen LogP contribution in [0.5, 0.6) is 11.5 Å². The Labute approximate surface area is 157 Å². The number of nitrogens with one attached hydrogen (secondary N) is 1. The van der Waals surface area contributed by atoms with E-state index in [0.29, 0.717) is 30.0 Å². The van der Waals surface area contributed by atoms with Gasteiger partial charge in [-0.05, 0) is 61.7 Å². The van der Waals surface area contributed by atoms with E-state index in [1.807, 2.05) is 24.3 Å². The average molecular weight is 373 g/mol. The van der Waals surface area contributed by atoms with Crippen LogP contribution in [0.25, 0.3) is 0 Å². The third kappa shape index (κ3) is 3.79. The average Bonchev–Trinajstić information content (AvgIpc) is 3.12. The van der Waals surface area contributed by atoms with Crippen molar-refractivity contribution in [3.8, 4) is 11.5 Å². The van der Waals surface area contributed by atoms with E-state index in [9.17, 15) is 4.79 Å². The van der Waals surface area contributed by atoms with Crippen molar-refractivity contribution in [1.82, 2.24) is 4.90 Å². The number of likely N-dealkylation sites (tertiary alicyclic amines) is 1. The van der Waals surface area contributed by atoms with Crippen molar-refractivity contribution in [1.29, 1.82) is 0 Å². The maximum atomic E-state index is 12.3. The molecule has 0 unspecified atom stereocenters. The monoisotopic (exact) mass is 372 g/mol. The lowest BCUT2D eigenvalue weighted by Crippen LogP contribution is -2.38. The molecule has 1 fully saturated rings. The first kappa shape index (κ1) is 17.2. The summed E-state index contributed by atoms with van der Waals surface area (Å²) in [5.74, 6) is 2.12. The van der Waals surface area contributed by atoms with Gasteiger partial charge in [-0.3, -0.25) is 9.69 Å². The lowest BCUT2D eigenvalue weighted by atomic mass is 9.89. The number of hydrogen-bond donors (Lipinski definition) is 1. The van der Waals surface area contributed by atoms with Crippen LogP contribution in [0.15, 0.2) is 42.5 Å². The molecule has 6 heteroatoms. The van der Waals surface area contributed by atoms with Gasteiger partial charge < -0.3 is 14.8 Å². The van der Waals surface area contributed by atoms with E-state index in [0.717, 1.165) is 37.4 Å². The second kappa shape index (κ2) is 7.56. The van der Waals surface area contributed by atoms with Crippen molar-refractivity contribution in [2.45, 2.75) is 18.8 Å². The molecule has 0 radical (unpaired) electrons. The second-order valence-corrected chi connectivity index (χ2v) is 7.10. The van der Waals surface area contributed by atoms with Gasteiger partial charge in [-0.15, -0.1) is 0 Å². The molecular weight excluding hydrogens is 352 g/mol. The van der Waals surface area contributed by atoms with Crippen LogP contribution in [0, 0.1) is 0 Å². The van der Waals surface area contributed by atoms with Crippen molar-refractivity contribution in [2.24, 2.45) is 0 Å². The number of ether oxygens (including phenoxy) is 2. The molecule has 0 atom stereocenters. The Hall–Kier alpha value is -2.24. The molecule has 0 aromatic heterocycles.